The summed E-state index contributed by atoms with van der Waals surface area (Å²) in [6.45, 7) is 10.5. The van der Waals surface area contributed by atoms with Gasteiger partial charge in [0.25, 0.3) is 0 Å². The molecule has 1 aromatic rings. The van der Waals surface area contributed by atoms with Gasteiger partial charge in [-0.2, -0.15) is 0 Å². The Morgan fingerprint density at radius 3 is 2.25 bits per heavy atom. The summed E-state index contributed by atoms with van der Waals surface area (Å²) in [4.78, 5) is 0. The summed E-state index contributed by atoms with van der Waals surface area (Å²) < 4.78 is 5.49. The number of hydrogen-bond donors (Lipinski definition) is 1. The van der Waals surface area contributed by atoms with Crippen molar-refractivity contribution in [3.05, 3.63) is 28.8 Å². The van der Waals surface area contributed by atoms with Gasteiger partial charge in [0.1, 0.15) is 5.75 Å². The van der Waals surface area contributed by atoms with Crippen LogP contribution in [0, 0.1) is 19.8 Å². The maximum absolute atomic E-state index is 6.42. The standard InChI is InChI=1S/C14H23NO/c1-9(2)14(5,15)12-8-10(3)7-11(4)13(12)16-6/h7-9H,15H2,1-6H3. The van der Waals surface area contributed by atoms with E-state index in [1.165, 1.54) is 5.56 Å². The van der Waals surface area contributed by atoms with Crippen LogP contribution in [0.3, 0.4) is 0 Å². The van der Waals surface area contributed by atoms with Gasteiger partial charge in [0, 0.05) is 11.1 Å². The maximum Gasteiger partial charge on any atom is 0.126 e. The van der Waals surface area contributed by atoms with Crippen LogP contribution in [0.25, 0.3) is 0 Å². The van der Waals surface area contributed by atoms with Crippen LogP contribution in [0.1, 0.15) is 37.5 Å². The van der Waals surface area contributed by atoms with Crippen LogP contribution in [0.4, 0.5) is 0 Å². The SMILES string of the molecule is COc1c(C)cc(C)cc1C(C)(N)C(C)C. The highest BCUT2D eigenvalue weighted by atomic mass is 16.5. The first kappa shape index (κ1) is 13.0. The van der Waals surface area contributed by atoms with Gasteiger partial charge in [0.2, 0.25) is 0 Å². The lowest BCUT2D eigenvalue weighted by Gasteiger charge is -2.32. The van der Waals surface area contributed by atoms with E-state index < -0.39 is 0 Å². The van der Waals surface area contributed by atoms with E-state index >= 15 is 0 Å². The topological polar surface area (TPSA) is 35.2 Å². The van der Waals surface area contributed by atoms with Crippen molar-refractivity contribution in [2.75, 3.05) is 7.11 Å². The predicted octanol–water partition coefficient (Wildman–Crippen LogP) is 3.14. The smallest absolute Gasteiger partial charge is 0.126 e. The molecule has 0 bridgehead atoms. The van der Waals surface area contributed by atoms with Crippen LogP contribution < -0.4 is 10.5 Å². The fraction of sp³-hybridized carbons (Fsp3) is 0.571. The average molecular weight is 221 g/mol. The Kier molecular flexibility index (Phi) is 3.64. The average Bonchev–Trinajstić information content (AvgIpc) is 2.16. The number of benzene rings is 1. The molecule has 1 aromatic carbocycles. The van der Waals surface area contributed by atoms with Crippen molar-refractivity contribution in [3.8, 4) is 5.75 Å². The van der Waals surface area contributed by atoms with Crippen molar-refractivity contribution in [2.24, 2.45) is 11.7 Å². The van der Waals surface area contributed by atoms with Crippen LogP contribution in [-0.4, -0.2) is 7.11 Å². The highest BCUT2D eigenvalue weighted by Gasteiger charge is 2.29. The van der Waals surface area contributed by atoms with Crippen LogP contribution in [0.5, 0.6) is 5.75 Å². The first-order valence-electron chi connectivity index (χ1n) is 5.75. The summed E-state index contributed by atoms with van der Waals surface area (Å²) in [6.07, 6.45) is 0. The molecule has 90 valence electrons. The van der Waals surface area contributed by atoms with Gasteiger partial charge in [-0.25, -0.2) is 0 Å². The van der Waals surface area contributed by atoms with E-state index in [2.05, 4.69) is 46.8 Å². The second-order valence-corrected chi connectivity index (χ2v) is 5.10. The quantitative estimate of drug-likeness (QED) is 0.851. The number of nitrogens with two attached hydrogens (primary N) is 1. The third-order valence-corrected chi connectivity index (χ3v) is 3.40. The van der Waals surface area contributed by atoms with E-state index in [1.807, 2.05) is 0 Å². The van der Waals surface area contributed by atoms with E-state index in [4.69, 9.17) is 10.5 Å². The molecule has 1 rings (SSSR count). The second-order valence-electron chi connectivity index (χ2n) is 5.10. The Bertz CT molecular complexity index is 381. The summed E-state index contributed by atoms with van der Waals surface area (Å²) in [7, 11) is 1.71. The Balaban J connectivity index is 3.42. The van der Waals surface area contributed by atoms with E-state index in [0.717, 1.165) is 16.9 Å². The monoisotopic (exact) mass is 221 g/mol. The molecule has 0 radical (unpaired) electrons. The zero-order valence-corrected chi connectivity index (χ0v) is 11.2. The maximum atomic E-state index is 6.42. The van der Waals surface area contributed by atoms with Crippen molar-refractivity contribution in [3.63, 3.8) is 0 Å². The minimum atomic E-state index is -0.359. The molecule has 0 amide bonds. The molecule has 0 aromatic heterocycles. The van der Waals surface area contributed by atoms with Crippen LogP contribution >= 0.6 is 0 Å². The minimum Gasteiger partial charge on any atom is -0.496 e. The molecule has 1 unspecified atom stereocenters. The molecule has 2 heteroatoms. The largest absolute Gasteiger partial charge is 0.496 e. The van der Waals surface area contributed by atoms with Gasteiger partial charge in [0.15, 0.2) is 0 Å². The normalized spacial score (nSPS) is 15.0. The lowest BCUT2D eigenvalue weighted by molar-refractivity contribution is 0.325. The Morgan fingerprint density at radius 2 is 1.81 bits per heavy atom. The van der Waals surface area contributed by atoms with E-state index in [1.54, 1.807) is 7.11 Å². The van der Waals surface area contributed by atoms with E-state index in [0.29, 0.717) is 5.92 Å². The molecule has 2 nitrogen and oxygen atoms in total. The van der Waals surface area contributed by atoms with Gasteiger partial charge in [-0.05, 0) is 32.3 Å². The lowest BCUT2D eigenvalue weighted by Crippen LogP contribution is -2.39. The fourth-order valence-corrected chi connectivity index (χ4v) is 1.94. The molecule has 0 aliphatic carbocycles. The number of aryl methyl sites for hydroxylation is 2. The number of ether oxygens (including phenoxy) is 1. The van der Waals surface area contributed by atoms with E-state index in [9.17, 15) is 0 Å². The predicted molar refractivity (Wildman–Crippen MR) is 68.8 cm³/mol. The number of hydrogen-bond acceptors (Lipinski definition) is 2. The molecule has 16 heavy (non-hydrogen) atoms. The Morgan fingerprint density at radius 1 is 1.25 bits per heavy atom. The third-order valence-electron chi connectivity index (χ3n) is 3.40. The summed E-state index contributed by atoms with van der Waals surface area (Å²) in [5.74, 6) is 1.28. The molecule has 0 spiro atoms. The highest BCUT2D eigenvalue weighted by molar-refractivity contribution is 5.47. The third kappa shape index (κ3) is 2.22. The van der Waals surface area contributed by atoms with E-state index in [-0.39, 0.29) is 5.54 Å². The zero-order valence-electron chi connectivity index (χ0n) is 11.2. The molecule has 2 N–H and O–H groups in total. The molecule has 0 heterocycles. The van der Waals surface area contributed by atoms with Gasteiger partial charge < -0.3 is 10.5 Å². The summed E-state index contributed by atoms with van der Waals surface area (Å²) >= 11 is 0. The first-order chi connectivity index (χ1) is 7.30. The lowest BCUT2D eigenvalue weighted by atomic mass is 9.81. The van der Waals surface area contributed by atoms with Gasteiger partial charge in [-0.1, -0.05) is 31.5 Å². The summed E-state index contributed by atoms with van der Waals surface area (Å²) in [6, 6.07) is 4.25. The summed E-state index contributed by atoms with van der Waals surface area (Å²) in [5.41, 5.74) is 9.53. The van der Waals surface area contributed by atoms with Crippen molar-refractivity contribution >= 4 is 0 Å². The van der Waals surface area contributed by atoms with Crippen LogP contribution in [0.2, 0.25) is 0 Å². The molecule has 0 saturated heterocycles. The molecule has 0 saturated carbocycles. The molecular weight excluding hydrogens is 198 g/mol. The Labute approximate surface area is 98.8 Å². The molecule has 0 aliphatic rings. The number of rotatable bonds is 3. The highest BCUT2D eigenvalue weighted by Crippen LogP contribution is 2.36. The van der Waals surface area contributed by atoms with Crippen molar-refractivity contribution in [2.45, 2.75) is 40.2 Å². The fourth-order valence-electron chi connectivity index (χ4n) is 1.94. The molecule has 1 atom stereocenters. The zero-order chi connectivity index (χ0) is 12.5. The van der Waals surface area contributed by atoms with Crippen molar-refractivity contribution in [1.82, 2.24) is 0 Å². The molecule has 0 aliphatic heterocycles. The van der Waals surface area contributed by atoms with Crippen LogP contribution in [-0.2, 0) is 5.54 Å². The van der Waals surface area contributed by atoms with Gasteiger partial charge in [-0.15, -0.1) is 0 Å². The van der Waals surface area contributed by atoms with Crippen molar-refractivity contribution in [1.29, 1.82) is 0 Å². The number of methoxy groups -OCH3 is 1. The Hall–Kier alpha value is -1.02. The first-order valence-corrected chi connectivity index (χ1v) is 5.75. The minimum absolute atomic E-state index is 0.359. The second kappa shape index (κ2) is 4.46. The molecule has 0 fully saturated rings. The van der Waals surface area contributed by atoms with Crippen molar-refractivity contribution < 1.29 is 4.74 Å². The summed E-state index contributed by atoms with van der Waals surface area (Å²) in [5, 5.41) is 0. The van der Waals surface area contributed by atoms with Gasteiger partial charge in [0.05, 0.1) is 7.11 Å². The molecular formula is C14H23NO. The van der Waals surface area contributed by atoms with Gasteiger partial charge >= 0.3 is 0 Å². The van der Waals surface area contributed by atoms with Gasteiger partial charge in [-0.3, -0.25) is 0 Å². The van der Waals surface area contributed by atoms with Crippen LogP contribution in [0.15, 0.2) is 12.1 Å².